The van der Waals surface area contributed by atoms with Crippen LogP contribution in [-0.4, -0.2) is 54.5 Å². The summed E-state index contributed by atoms with van der Waals surface area (Å²) in [7, 11) is 4.76. The highest BCUT2D eigenvalue weighted by molar-refractivity contribution is 14.0. The predicted molar refractivity (Wildman–Crippen MR) is 95.4 cm³/mol. The van der Waals surface area contributed by atoms with Crippen molar-refractivity contribution >= 4 is 29.9 Å². The first kappa shape index (κ1) is 21.0. The van der Waals surface area contributed by atoms with Crippen LogP contribution in [0.4, 0.5) is 13.2 Å². The van der Waals surface area contributed by atoms with Crippen LogP contribution in [0.5, 0.6) is 0 Å². The Morgan fingerprint density at radius 2 is 2.21 bits per heavy atom. The number of nitrogens with one attached hydrogen (secondary N) is 1. The molecule has 1 N–H and O–H groups in total. The molecule has 24 heavy (non-hydrogen) atoms. The number of aryl methyl sites for hydroxylation is 1. The normalized spacial score (nSPS) is 18.7. The van der Waals surface area contributed by atoms with Crippen molar-refractivity contribution in [2.45, 2.75) is 19.1 Å². The maximum absolute atomic E-state index is 12.9. The van der Waals surface area contributed by atoms with Crippen LogP contribution >= 0.6 is 24.0 Å². The molecule has 1 unspecified atom stereocenters. The number of hydrogen-bond acceptors (Lipinski definition) is 3. The van der Waals surface area contributed by atoms with Gasteiger partial charge < -0.3 is 15.0 Å². The highest BCUT2D eigenvalue weighted by atomic mass is 127. The van der Waals surface area contributed by atoms with Crippen molar-refractivity contribution < 1.29 is 17.9 Å². The maximum atomic E-state index is 12.9. The molecule has 1 aliphatic heterocycles. The molecule has 0 aliphatic carbocycles. The molecule has 1 saturated heterocycles. The van der Waals surface area contributed by atoms with Gasteiger partial charge in [-0.1, -0.05) is 0 Å². The lowest BCUT2D eigenvalue weighted by Gasteiger charge is -2.21. The van der Waals surface area contributed by atoms with Crippen molar-refractivity contribution in [3.8, 4) is 0 Å². The molecule has 0 spiro atoms. The van der Waals surface area contributed by atoms with Gasteiger partial charge in [-0.05, 0) is 6.42 Å². The molecule has 2 heterocycles. The van der Waals surface area contributed by atoms with E-state index in [9.17, 15) is 13.2 Å². The zero-order valence-electron chi connectivity index (χ0n) is 13.9. The molecule has 0 saturated carbocycles. The van der Waals surface area contributed by atoms with Crippen LogP contribution < -0.4 is 5.32 Å². The van der Waals surface area contributed by atoms with Gasteiger partial charge in [-0.3, -0.25) is 9.67 Å². The minimum atomic E-state index is -4.46. The van der Waals surface area contributed by atoms with Gasteiger partial charge in [0, 0.05) is 58.5 Å². The van der Waals surface area contributed by atoms with E-state index in [-0.39, 0.29) is 36.1 Å². The molecule has 1 fully saturated rings. The second-order valence-electron chi connectivity index (χ2n) is 5.63. The Bertz CT molecular complexity index is 561. The number of methoxy groups -OCH3 is 1. The Kier molecular flexibility index (Phi) is 7.77. The summed E-state index contributed by atoms with van der Waals surface area (Å²) < 4.78 is 45.2. The van der Waals surface area contributed by atoms with Gasteiger partial charge >= 0.3 is 6.18 Å². The van der Waals surface area contributed by atoms with Gasteiger partial charge in [-0.15, -0.1) is 24.0 Å². The number of aromatic nitrogens is 2. The molecule has 0 radical (unpaired) electrons. The minimum Gasteiger partial charge on any atom is -0.384 e. The van der Waals surface area contributed by atoms with Crippen molar-refractivity contribution in [1.29, 1.82) is 0 Å². The second kappa shape index (κ2) is 8.88. The van der Waals surface area contributed by atoms with E-state index in [0.29, 0.717) is 18.5 Å². The summed E-state index contributed by atoms with van der Waals surface area (Å²) in [6.45, 7) is 2.30. The van der Waals surface area contributed by atoms with E-state index in [0.717, 1.165) is 19.5 Å². The van der Waals surface area contributed by atoms with E-state index in [2.05, 4.69) is 15.4 Å². The van der Waals surface area contributed by atoms with E-state index in [4.69, 9.17) is 4.74 Å². The van der Waals surface area contributed by atoms with E-state index in [1.54, 1.807) is 14.2 Å². The molecule has 1 aliphatic rings. The van der Waals surface area contributed by atoms with Crippen LogP contribution in [-0.2, 0) is 24.5 Å². The number of alkyl halides is 3. The van der Waals surface area contributed by atoms with Gasteiger partial charge in [0.05, 0.1) is 6.61 Å². The summed E-state index contributed by atoms with van der Waals surface area (Å²) in [5.41, 5.74) is -0.754. The van der Waals surface area contributed by atoms with Gasteiger partial charge in [0.1, 0.15) is 0 Å². The average Bonchev–Trinajstić information content (AvgIpc) is 3.07. The van der Waals surface area contributed by atoms with Crippen LogP contribution in [0.1, 0.15) is 17.7 Å². The fourth-order valence-electron chi connectivity index (χ4n) is 2.81. The number of ether oxygens (including phenoxy) is 1. The first-order valence-electron chi connectivity index (χ1n) is 7.39. The Morgan fingerprint density at radius 3 is 2.79 bits per heavy atom. The third-order valence-corrected chi connectivity index (χ3v) is 3.81. The van der Waals surface area contributed by atoms with Gasteiger partial charge in [0.15, 0.2) is 11.7 Å². The molecular formula is C14H23F3IN5O. The quantitative estimate of drug-likeness (QED) is 0.424. The van der Waals surface area contributed by atoms with Crippen molar-refractivity contribution in [2.24, 2.45) is 18.0 Å². The highest BCUT2D eigenvalue weighted by Gasteiger charge is 2.37. The van der Waals surface area contributed by atoms with E-state index in [1.165, 1.54) is 17.9 Å². The first-order chi connectivity index (χ1) is 10.8. The summed E-state index contributed by atoms with van der Waals surface area (Å²) in [4.78, 5) is 6.20. The Balaban J connectivity index is 0.00000288. The monoisotopic (exact) mass is 461 g/mol. The largest absolute Gasteiger partial charge is 0.435 e. The number of rotatable bonds is 4. The fourth-order valence-corrected chi connectivity index (χ4v) is 2.81. The Hall–Kier alpha value is -1.04. The zero-order chi connectivity index (χ0) is 17.0. The average molecular weight is 461 g/mol. The van der Waals surface area contributed by atoms with Gasteiger partial charge in [0.2, 0.25) is 0 Å². The summed E-state index contributed by atoms with van der Waals surface area (Å²) in [6, 6.07) is 0. The summed E-state index contributed by atoms with van der Waals surface area (Å²) in [5.74, 6) is 1.02. The van der Waals surface area contributed by atoms with Crippen LogP contribution in [0.15, 0.2) is 11.2 Å². The molecule has 0 aromatic carbocycles. The molecule has 1 atom stereocenters. The number of guanidine groups is 1. The Labute approximate surface area is 156 Å². The van der Waals surface area contributed by atoms with Crippen LogP contribution in [0, 0.1) is 5.92 Å². The summed E-state index contributed by atoms with van der Waals surface area (Å²) in [6.07, 6.45) is -2.10. The van der Waals surface area contributed by atoms with Gasteiger partial charge in [0.25, 0.3) is 0 Å². The maximum Gasteiger partial charge on any atom is 0.435 e. The lowest BCUT2D eigenvalue weighted by atomic mass is 10.1. The minimum absolute atomic E-state index is 0. The second-order valence-corrected chi connectivity index (χ2v) is 5.63. The number of halogens is 4. The van der Waals surface area contributed by atoms with E-state index in [1.807, 2.05) is 4.90 Å². The van der Waals surface area contributed by atoms with Crippen molar-refractivity contribution in [1.82, 2.24) is 20.0 Å². The van der Waals surface area contributed by atoms with Crippen molar-refractivity contribution in [3.63, 3.8) is 0 Å². The zero-order valence-corrected chi connectivity index (χ0v) is 16.3. The summed E-state index contributed by atoms with van der Waals surface area (Å²) in [5, 5.41) is 6.50. The van der Waals surface area contributed by atoms with Crippen LogP contribution in [0.3, 0.4) is 0 Å². The molecule has 0 amide bonds. The van der Waals surface area contributed by atoms with Crippen LogP contribution in [0.2, 0.25) is 0 Å². The van der Waals surface area contributed by atoms with Gasteiger partial charge in [-0.25, -0.2) is 0 Å². The lowest BCUT2D eigenvalue weighted by molar-refractivity contribution is -0.142. The molecule has 1 aromatic heterocycles. The SMILES string of the molecule is CN=C(NCc1cn(C)nc1C(F)(F)F)N1CCC(COC)C1.I. The molecule has 6 nitrogen and oxygen atoms in total. The van der Waals surface area contributed by atoms with Gasteiger partial charge in [-0.2, -0.15) is 18.3 Å². The lowest BCUT2D eigenvalue weighted by Crippen LogP contribution is -2.40. The van der Waals surface area contributed by atoms with Crippen molar-refractivity contribution in [3.05, 3.63) is 17.5 Å². The first-order valence-corrected chi connectivity index (χ1v) is 7.39. The third kappa shape index (κ3) is 5.23. The smallest absolute Gasteiger partial charge is 0.384 e. The number of aliphatic imine (C=N–C) groups is 1. The van der Waals surface area contributed by atoms with Crippen LogP contribution in [0.25, 0.3) is 0 Å². The summed E-state index contributed by atoms with van der Waals surface area (Å²) >= 11 is 0. The molecule has 10 heteroatoms. The number of likely N-dealkylation sites (tertiary alicyclic amines) is 1. The fraction of sp³-hybridized carbons (Fsp3) is 0.714. The molecule has 138 valence electrons. The molecule has 0 bridgehead atoms. The third-order valence-electron chi connectivity index (χ3n) is 3.81. The molecular weight excluding hydrogens is 438 g/mol. The Morgan fingerprint density at radius 1 is 1.50 bits per heavy atom. The predicted octanol–water partition coefficient (Wildman–Crippen LogP) is 2.10. The highest BCUT2D eigenvalue weighted by Crippen LogP contribution is 2.30. The topological polar surface area (TPSA) is 54.7 Å². The van der Waals surface area contributed by atoms with Crippen molar-refractivity contribution in [2.75, 3.05) is 33.9 Å². The number of nitrogens with zero attached hydrogens (tertiary/aromatic N) is 4. The number of hydrogen-bond donors (Lipinski definition) is 1. The van der Waals surface area contributed by atoms with E-state index >= 15 is 0 Å². The molecule has 2 rings (SSSR count). The van der Waals surface area contributed by atoms with E-state index < -0.39 is 11.9 Å². The molecule has 1 aromatic rings. The standard InChI is InChI=1S/C14H22F3N5O.HI/c1-18-13(22-5-4-10(7-22)9-23-3)19-6-11-8-21(2)20-12(11)14(15,16)17;/h8,10H,4-7,9H2,1-3H3,(H,18,19);1H.